The molecule has 8 nitrogen and oxygen atoms in total. The Morgan fingerprint density at radius 2 is 2.19 bits per heavy atom. The topological polar surface area (TPSA) is 124 Å². The first-order valence-electron chi connectivity index (χ1n) is 5.77. The third-order valence-corrected chi connectivity index (χ3v) is 4.36. The van der Waals surface area contributed by atoms with Gasteiger partial charge in [-0.05, 0) is 13.0 Å². The van der Waals surface area contributed by atoms with Crippen molar-refractivity contribution in [2.75, 3.05) is 11.1 Å². The first kappa shape index (κ1) is 15.2. The van der Waals surface area contributed by atoms with Crippen LogP contribution < -0.4 is 11.1 Å². The molecular formula is C11H11N5O3S2. The number of nitrogens with zero attached hydrogens (tertiary/aromatic N) is 3. The van der Waals surface area contributed by atoms with Crippen LogP contribution in [0.3, 0.4) is 0 Å². The van der Waals surface area contributed by atoms with Crippen LogP contribution in [0.25, 0.3) is 0 Å². The predicted molar refractivity (Wildman–Crippen MR) is 81.4 cm³/mol. The largest absolute Gasteiger partial charge is 0.374 e. The molecule has 0 aliphatic rings. The molecule has 10 heteroatoms. The summed E-state index contributed by atoms with van der Waals surface area (Å²) in [5.74, 6) is -0.358. The fourth-order valence-electron chi connectivity index (χ4n) is 1.45. The highest BCUT2D eigenvalue weighted by Crippen LogP contribution is 2.29. The van der Waals surface area contributed by atoms with Gasteiger partial charge in [-0.3, -0.25) is 14.9 Å². The molecule has 1 aromatic heterocycles. The molecular weight excluding hydrogens is 314 g/mol. The van der Waals surface area contributed by atoms with Crippen molar-refractivity contribution in [1.82, 2.24) is 10.2 Å². The summed E-state index contributed by atoms with van der Waals surface area (Å²) in [5.41, 5.74) is 5.48. The molecule has 1 atom stereocenters. The van der Waals surface area contributed by atoms with Crippen molar-refractivity contribution in [3.8, 4) is 0 Å². The van der Waals surface area contributed by atoms with Crippen molar-refractivity contribution < 1.29 is 9.72 Å². The number of carbonyl (C=O) groups is 1. The number of anilines is 2. The molecule has 3 N–H and O–H groups in total. The highest BCUT2D eigenvalue weighted by molar-refractivity contribution is 8.02. The first-order valence-corrected chi connectivity index (χ1v) is 7.47. The minimum absolute atomic E-state index is 0.150. The molecule has 0 saturated carbocycles. The second-order valence-corrected chi connectivity index (χ2v) is 6.53. The molecule has 1 amide bonds. The maximum Gasteiger partial charge on any atom is 0.292 e. The first-order chi connectivity index (χ1) is 9.97. The number of rotatable bonds is 5. The molecule has 110 valence electrons. The number of nitro benzene ring substituents is 1. The Hall–Kier alpha value is -2.20. The van der Waals surface area contributed by atoms with Gasteiger partial charge in [0.25, 0.3) is 5.69 Å². The summed E-state index contributed by atoms with van der Waals surface area (Å²) in [6.45, 7) is 1.67. The van der Waals surface area contributed by atoms with E-state index in [1.165, 1.54) is 41.3 Å². The molecule has 0 spiro atoms. The Labute approximate surface area is 127 Å². The highest BCUT2D eigenvalue weighted by Gasteiger charge is 2.20. The molecule has 2 rings (SSSR count). The van der Waals surface area contributed by atoms with Crippen molar-refractivity contribution in [1.29, 1.82) is 0 Å². The molecule has 0 saturated heterocycles. The van der Waals surface area contributed by atoms with Crippen molar-refractivity contribution in [2.24, 2.45) is 0 Å². The number of nitrogens with one attached hydrogen (secondary N) is 1. The van der Waals surface area contributed by atoms with Crippen LogP contribution in [-0.4, -0.2) is 26.3 Å². The number of benzene rings is 1. The zero-order chi connectivity index (χ0) is 15.4. The van der Waals surface area contributed by atoms with E-state index in [0.29, 0.717) is 9.47 Å². The number of carbonyl (C=O) groups excluding carboxylic acids is 1. The summed E-state index contributed by atoms with van der Waals surface area (Å²) in [6, 6.07) is 5.97. The minimum atomic E-state index is -0.543. The molecule has 2 aromatic rings. The van der Waals surface area contributed by atoms with Crippen molar-refractivity contribution in [2.45, 2.75) is 16.5 Å². The number of nitrogens with two attached hydrogens (primary N) is 1. The van der Waals surface area contributed by atoms with Crippen LogP contribution in [0.5, 0.6) is 0 Å². The number of nitro groups is 1. The molecule has 0 aliphatic carbocycles. The van der Waals surface area contributed by atoms with Gasteiger partial charge in [0.15, 0.2) is 4.34 Å². The summed E-state index contributed by atoms with van der Waals surface area (Å²) in [7, 11) is 0. The van der Waals surface area contributed by atoms with Crippen LogP contribution >= 0.6 is 23.1 Å². The molecule has 0 unspecified atom stereocenters. The van der Waals surface area contributed by atoms with Crippen molar-refractivity contribution in [3.63, 3.8) is 0 Å². The maximum absolute atomic E-state index is 12.1. The van der Waals surface area contributed by atoms with Crippen molar-refractivity contribution >= 4 is 45.5 Å². The van der Waals surface area contributed by atoms with Gasteiger partial charge in [-0.2, -0.15) is 0 Å². The van der Waals surface area contributed by atoms with Gasteiger partial charge in [-0.25, -0.2) is 0 Å². The number of thioether (sulfide) groups is 1. The van der Waals surface area contributed by atoms with E-state index >= 15 is 0 Å². The van der Waals surface area contributed by atoms with Gasteiger partial charge in [0.2, 0.25) is 11.0 Å². The number of amides is 1. The van der Waals surface area contributed by atoms with Crippen LogP contribution in [0.15, 0.2) is 28.6 Å². The second-order valence-electron chi connectivity index (χ2n) is 3.93. The van der Waals surface area contributed by atoms with E-state index in [1.54, 1.807) is 13.0 Å². The van der Waals surface area contributed by atoms with E-state index in [4.69, 9.17) is 5.73 Å². The van der Waals surface area contributed by atoms with E-state index in [9.17, 15) is 14.9 Å². The lowest BCUT2D eigenvalue weighted by Gasteiger charge is -2.10. The van der Waals surface area contributed by atoms with Crippen LogP contribution in [-0.2, 0) is 4.79 Å². The summed E-state index contributed by atoms with van der Waals surface area (Å²) < 4.78 is 0.567. The summed E-state index contributed by atoms with van der Waals surface area (Å²) in [5, 5.41) is 20.7. The maximum atomic E-state index is 12.1. The normalized spacial score (nSPS) is 11.9. The summed E-state index contributed by atoms with van der Waals surface area (Å²) in [4.78, 5) is 22.4. The van der Waals surface area contributed by atoms with Gasteiger partial charge in [-0.1, -0.05) is 35.2 Å². The third-order valence-electron chi connectivity index (χ3n) is 2.43. The number of hydrogen-bond acceptors (Lipinski definition) is 8. The zero-order valence-corrected chi connectivity index (χ0v) is 12.5. The molecule has 0 aliphatic heterocycles. The Balaban J connectivity index is 2.05. The van der Waals surface area contributed by atoms with Gasteiger partial charge in [-0.15, -0.1) is 10.2 Å². The third kappa shape index (κ3) is 3.89. The SMILES string of the molecule is C[C@@H](Sc1nnc(N)s1)C(=O)Nc1ccccc1[N+](=O)[O-]. The van der Waals surface area contributed by atoms with Crippen LogP contribution in [0.4, 0.5) is 16.5 Å². The average Bonchev–Trinajstić information content (AvgIpc) is 2.84. The fraction of sp³-hybridized carbons (Fsp3) is 0.182. The lowest BCUT2D eigenvalue weighted by molar-refractivity contribution is -0.383. The van der Waals surface area contributed by atoms with Gasteiger partial charge in [0.1, 0.15) is 5.69 Å². The average molecular weight is 325 g/mol. The van der Waals surface area contributed by atoms with Crippen LogP contribution in [0, 0.1) is 10.1 Å². The Morgan fingerprint density at radius 1 is 1.48 bits per heavy atom. The Kier molecular flexibility index (Phi) is 4.70. The lowest BCUT2D eigenvalue weighted by atomic mass is 10.2. The Morgan fingerprint density at radius 3 is 2.81 bits per heavy atom. The van der Waals surface area contributed by atoms with E-state index in [0.717, 1.165) is 0 Å². The quantitative estimate of drug-likeness (QED) is 0.490. The van der Waals surface area contributed by atoms with Gasteiger partial charge in [0.05, 0.1) is 10.2 Å². The van der Waals surface area contributed by atoms with Gasteiger partial charge in [0, 0.05) is 6.07 Å². The number of para-hydroxylation sites is 2. The van der Waals surface area contributed by atoms with E-state index < -0.39 is 10.2 Å². The van der Waals surface area contributed by atoms with Gasteiger partial charge < -0.3 is 11.1 Å². The molecule has 21 heavy (non-hydrogen) atoms. The number of aromatic nitrogens is 2. The predicted octanol–water partition coefficient (Wildman–Crippen LogP) is 2.15. The molecule has 0 fully saturated rings. The molecule has 0 radical (unpaired) electrons. The van der Waals surface area contributed by atoms with E-state index in [-0.39, 0.29) is 17.3 Å². The van der Waals surface area contributed by atoms with Crippen LogP contribution in [0.2, 0.25) is 0 Å². The summed E-state index contributed by atoms with van der Waals surface area (Å²) >= 11 is 2.37. The number of hydrogen-bond donors (Lipinski definition) is 2. The standard InChI is InChI=1S/C11H11N5O3S2/c1-6(20-11-15-14-10(12)21-11)9(17)13-7-4-2-3-5-8(7)16(18)19/h2-6H,1H3,(H2,12,14)(H,13,17)/t6-/m1/s1. The molecule has 0 bridgehead atoms. The smallest absolute Gasteiger partial charge is 0.292 e. The highest BCUT2D eigenvalue weighted by atomic mass is 32.2. The Bertz CT molecular complexity index is 675. The van der Waals surface area contributed by atoms with Crippen LogP contribution in [0.1, 0.15) is 6.92 Å². The van der Waals surface area contributed by atoms with E-state index in [2.05, 4.69) is 15.5 Å². The lowest BCUT2D eigenvalue weighted by Crippen LogP contribution is -2.22. The van der Waals surface area contributed by atoms with Crippen molar-refractivity contribution in [3.05, 3.63) is 34.4 Å². The summed E-state index contributed by atoms with van der Waals surface area (Å²) in [6.07, 6.45) is 0. The minimum Gasteiger partial charge on any atom is -0.374 e. The van der Waals surface area contributed by atoms with E-state index in [1.807, 2.05) is 0 Å². The monoisotopic (exact) mass is 325 g/mol. The van der Waals surface area contributed by atoms with Gasteiger partial charge >= 0.3 is 0 Å². The molecule has 1 heterocycles. The fourth-order valence-corrected chi connectivity index (χ4v) is 3.23. The number of nitrogen functional groups attached to an aromatic ring is 1. The molecule has 1 aromatic carbocycles. The second kappa shape index (κ2) is 6.50. The zero-order valence-electron chi connectivity index (χ0n) is 10.8.